The van der Waals surface area contributed by atoms with Crippen molar-refractivity contribution in [1.82, 2.24) is 10.6 Å². The van der Waals surface area contributed by atoms with E-state index in [-0.39, 0.29) is 30.6 Å². The van der Waals surface area contributed by atoms with Crippen LogP contribution in [0.3, 0.4) is 0 Å². The van der Waals surface area contributed by atoms with Crippen molar-refractivity contribution in [2.45, 2.75) is 65.1 Å². The number of carbonyl (C=O) groups is 3. The molecule has 0 bridgehead atoms. The molecule has 0 aliphatic carbocycles. The SMILES string of the molecule is CC(=O)[C@H](CCN)NC(=O)[C@@H](NC(=O)C[C@@H](CN)CC(C)C)[C@H](C)O. The lowest BCUT2D eigenvalue weighted by Crippen LogP contribution is -2.56. The number of amides is 2. The highest BCUT2D eigenvalue weighted by atomic mass is 16.3. The molecule has 0 aliphatic rings. The second-order valence-corrected chi connectivity index (χ2v) is 6.97. The highest BCUT2D eigenvalue weighted by Gasteiger charge is 2.29. The van der Waals surface area contributed by atoms with Crippen LogP contribution in [-0.4, -0.2) is 54.0 Å². The van der Waals surface area contributed by atoms with Crippen molar-refractivity contribution >= 4 is 17.6 Å². The summed E-state index contributed by atoms with van der Waals surface area (Å²) in [4.78, 5) is 36.1. The Morgan fingerprint density at radius 2 is 1.68 bits per heavy atom. The number of hydrogen-bond donors (Lipinski definition) is 5. The average molecular weight is 358 g/mol. The molecule has 0 spiro atoms. The third kappa shape index (κ3) is 9.52. The number of carbonyl (C=O) groups excluding carboxylic acids is 3. The molecule has 0 fully saturated rings. The smallest absolute Gasteiger partial charge is 0.245 e. The third-order valence-corrected chi connectivity index (χ3v) is 3.96. The summed E-state index contributed by atoms with van der Waals surface area (Å²) >= 11 is 0. The van der Waals surface area contributed by atoms with E-state index in [1.165, 1.54) is 13.8 Å². The van der Waals surface area contributed by atoms with E-state index in [0.29, 0.717) is 18.9 Å². The van der Waals surface area contributed by atoms with Crippen LogP contribution >= 0.6 is 0 Å². The van der Waals surface area contributed by atoms with Gasteiger partial charge in [0, 0.05) is 6.42 Å². The Kier molecular flexibility index (Phi) is 11.2. The molecule has 0 radical (unpaired) electrons. The van der Waals surface area contributed by atoms with E-state index in [1.54, 1.807) is 0 Å². The van der Waals surface area contributed by atoms with Crippen molar-refractivity contribution < 1.29 is 19.5 Å². The number of nitrogens with two attached hydrogens (primary N) is 2. The molecule has 0 aromatic rings. The molecule has 7 N–H and O–H groups in total. The van der Waals surface area contributed by atoms with E-state index in [0.717, 1.165) is 6.42 Å². The molecule has 0 aromatic carbocycles. The summed E-state index contributed by atoms with van der Waals surface area (Å²) < 4.78 is 0. The molecule has 8 heteroatoms. The van der Waals surface area contributed by atoms with E-state index in [9.17, 15) is 19.5 Å². The Hall–Kier alpha value is -1.51. The molecule has 25 heavy (non-hydrogen) atoms. The monoisotopic (exact) mass is 358 g/mol. The van der Waals surface area contributed by atoms with E-state index in [2.05, 4.69) is 10.6 Å². The maximum atomic E-state index is 12.3. The largest absolute Gasteiger partial charge is 0.391 e. The Morgan fingerprint density at radius 3 is 2.08 bits per heavy atom. The van der Waals surface area contributed by atoms with Gasteiger partial charge in [0.05, 0.1) is 12.1 Å². The summed E-state index contributed by atoms with van der Waals surface area (Å²) in [7, 11) is 0. The lowest BCUT2D eigenvalue weighted by Gasteiger charge is -2.25. The first-order valence-corrected chi connectivity index (χ1v) is 8.80. The first-order chi connectivity index (χ1) is 11.6. The fourth-order valence-electron chi connectivity index (χ4n) is 2.63. The highest BCUT2D eigenvalue weighted by molar-refractivity contribution is 5.92. The lowest BCUT2D eigenvalue weighted by atomic mass is 9.94. The molecule has 146 valence electrons. The molecule has 0 aromatic heterocycles. The predicted octanol–water partition coefficient (Wildman–Crippen LogP) is -0.714. The van der Waals surface area contributed by atoms with Gasteiger partial charge in [-0.15, -0.1) is 0 Å². The molecule has 2 amide bonds. The summed E-state index contributed by atoms with van der Waals surface area (Å²) in [6.45, 7) is 7.47. The van der Waals surface area contributed by atoms with Gasteiger partial charge in [-0.05, 0) is 51.6 Å². The van der Waals surface area contributed by atoms with E-state index in [1.807, 2.05) is 13.8 Å². The van der Waals surface area contributed by atoms with Crippen LogP contribution < -0.4 is 22.1 Å². The zero-order valence-electron chi connectivity index (χ0n) is 15.7. The van der Waals surface area contributed by atoms with Crippen molar-refractivity contribution in [3.63, 3.8) is 0 Å². The summed E-state index contributed by atoms with van der Waals surface area (Å²) in [5, 5.41) is 14.9. The minimum Gasteiger partial charge on any atom is -0.391 e. The molecule has 0 saturated carbocycles. The molecular formula is C17H34N4O4. The molecule has 0 saturated heterocycles. The van der Waals surface area contributed by atoms with E-state index >= 15 is 0 Å². The Labute approximate surface area is 150 Å². The predicted molar refractivity (Wildman–Crippen MR) is 96.5 cm³/mol. The third-order valence-electron chi connectivity index (χ3n) is 3.96. The van der Waals surface area contributed by atoms with Gasteiger partial charge >= 0.3 is 0 Å². The van der Waals surface area contributed by atoms with Gasteiger partial charge in [-0.3, -0.25) is 14.4 Å². The average Bonchev–Trinajstić information content (AvgIpc) is 2.50. The molecule has 4 atom stereocenters. The van der Waals surface area contributed by atoms with Crippen molar-refractivity contribution in [3.05, 3.63) is 0 Å². The van der Waals surface area contributed by atoms with Gasteiger partial charge in [0.2, 0.25) is 11.8 Å². The van der Waals surface area contributed by atoms with Crippen LogP contribution in [0.25, 0.3) is 0 Å². The summed E-state index contributed by atoms with van der Waals surface area (Å²) in [6, 6.07) is -1.86. The van der Waals surface area contributed by atoms with Crippen molar-refractivity contribution in [2.24, 2.45) is 23.3 Å². The topological polar surface area (TPSA) is 148 Å². The Bertz CT molecular complexity index is 440. The first kappa shape index (κ1) is 23.5. The number of nitrogens with one attached hydrogen (secondary N) is 2. The zero-order chi connectivity index (χ0) is 19.6. The van der Waals surface area contributed by atoms with Crippen molar-refractivity contribution in [1.29, 1.82) is 0 Å². The van der Waals surface area contributed by atoms with E-state index in [4.69, 9.17) is 11.5 Å². The number of rotatable bonds is 12. The second-order valence-electron chi connectivity index (χ2n) is 6.97. The highest BCUT2D eigenvalue weighted by Crippen LogP contribution is 2.14. The lowest BCUT2D eigenvalue weighted by molar-refractivity contribution is -0.133. The van der Waals surface area contributed by atoms with Crippen LogP contribution in [-0.2, 0) is 14.4 Å². The Balaban J connectivity index is 4.85. The summed E-state index contributed by atoms with van der Waals surface area (Å²) in [5.74, 6) is -0.764. The van der Waals surface area contributed by atoms with Crippen LogP contribution in [0.4, 0.5) is 0 Å². The molecule has 0 heterocycles. The molecule has 0 aliphatic heterocycles. The van der Waals surface area contributed by atoms with Crippen molar-refractivity contribution in [3.8, 4) is 0 Å². The van der Waals surface area contributed by atoms with Crippen LogP contribution in [0.1, 0.15) is 47.0 Å². The van der Waals surface area contributed by atoms with Gasteiger partial charge in [0.1, 0.15) is 6.04 Å². The molecule has 0 unspecified atom stereocenters. The van der Waals surface area contributed by atoms with Crippen LogP contribution in [0.5, 0.6) is 0 Å². The van der Waals surface area contributed by atoms with Gasteiger partial charge in [0.15, 0.2) is 5.78 Å². The maximum absolute atomic E-state index is 12.3. The number of aliphatic hydroxyl groups excluding tert-OH is 1. The van der Waals surface area contributed by atoms with Gasteiger partial charge in [-0.25, -0.2) is 0 Å². The minimum atomic E-state index is -1.13. The zero-order valence-corrected chi connectivity index (χ0v) is 15.7. The van der Waals surface area contributed by atoms with Crippen LogP contribution in [0, 0.1) is 11.8 Å². The molecular weight excluding hydrogens is 324 g/mol. The van der Waals surface area contributed by atoms with Gasteiger partial charge in [0.25, 0.3) is 0 Å². The summed E-state index contributed by atoms with van der Waals surface area (Å²) in [6.07, 6.45) is 0.184. The normalized spacial score (nSPS) is 16.0. The second kappa shape index (κ2) is 11.9. The van der Waals surface area contributed by atoms with Crippen LogP contribution in [0.15, 0.2) is 0 Å². The van der Waals surface area contributed by atoms with Crippen LogP contribution in [0.2, 0.25) is 0 Å². The number of ketones is 1. The summed E-state index contributed by atoms with van der Waals surface area (Å²) in [5.41, 5.74) is 11.1. The van der Waals surface area contributed by atoms with Gasteiger partial charge in [-0.1, -0.05) is 13.8 Å². The van der Waals surface area contributed by atoms with E-state index < -0.39 is 24.1 Å². The Morgan fingerprint density at radius 1 is 1.08 bits per heavy atom. The maximum Gasteiger partial charge on any atom is 0.245 e. The number of hydrogen-bond acceptors (Lipinski definition) is 6. The number of Topliss-reactive ketones (excluding diaryl/α,β-unsaturated/α-hetero) is 1. The minimum absolute atomic E-state index is 0.0138. The standard InChI is InChI=1S/C17H34N4O4/c1-10(2)7-13(9-19)8-15(24)21-16(12(4)23)17(25)20-14(5-6-18)11(3)22/h10,12-14,16,23H,5-9,18-19H2,1-4H3,(H,20,25)(H,21,24)/t12-,13-,14-,16-/m0/s1. The number of aliphatic hydroxyl groups is 1. The first-order valence-electron chi connectivity index (χ1n) is 8.80. The van der Waals surface area contributed by atoms with Gasteiger partial charge in [-0.2, -0.15) is 0 Å². The molecule has 8 nitrogen and oxygen atoms in total. The van der Waals surface area contributed by atoms with Crippen molar-refractivity contribution in [2.75, 3.05) is 13.1 Å². The fraction of sp³-hybridized carbons (Fsp3) is 0.824. The quantitative estimate of drug-likeness (QED) is 0.311. The van der Waals surface area contributed by atoms with Gasteiger partial charge < -0.3 is 27.2 Å². The molecule has 0 rings (SSSR count). The fourth-order valence-corrected chi connectivity index (χ4v) is 2.63.